The molecule has 0 aromatic carbocycles. The molecule has 4 bridgehead atoms. The van der Waals surface area contributed by atoms with Crippen LogP contribution in [0.3, 0.4) is 0 Å². The molecule has 5 fully saturated rings. The molecule has 4 saturated carbocycles. The Morgan fingerprint density at radius 1 is 1.19 bits per heavy atom. The van der Waals surface area contributed by atoms with Crippen LogP contribution in [0.5, 0.6) is 0 Å². The maximum atomic E-state index is 13.5. The molecule has 21 heavy (non-hydrogen) atoms. The first kappa shape index (κ1) is 14.5. The topological polar surface area (TPSA) is 20.3 Å². The molecule has 0 aromatic rings. The third-order valence-electron chi connectivity index (χ3n) is 6.87. The molecule has 3 atom stereocenters. The van der Waals surface area contributed by atoms with Gasteiger partial charge in [-0.3, -0.25) is 4.79 Å². The maximum Gasteiger partial charge on any atom is 0.229 e. The van der Waals surface area contributed by atoms with E-state index in [-0.39, 0.29) is 5.41 Å². The van der Waals surface area contributed by atoms with Crippen molar-refractivity contribution in [1.29, 1.82) is 0 Å². The van der Waals surface area contributed by atoms with E-state index in [1.54, 1.807) is 0 Å². The molecule has 1 saturated heterocycles. The Morgan fingerprint density at radius 2 is 1.90 bits per heavy atom. The number of hydrogen-bond donors (Lipinski definition) is 0. The fraction of sp³-hybridized carbons (Fsp3) is 0.944. The van der Waals surface area contributed by atoms with Crippen LogP contribution in [0.2, 0.25) is 0 Å². The van der Waals surface area contributed by atoms with E-state index in [4.69, 9.17) is 0 Å². The van der Waals surface area contributed by atoms with Crippen LogP contribution in [0.4, 0.5) is 0 Å². The summed E-state index contributed by atoms with van der Waals surface area (Å²) in [4.78, 5) is 15.7. The number of nitrogens with zero attached hydrogens (tertiary/aromatic N) is 1. The van der Waals surface area contributed by atoms with Crippen LogP contribution in [-0.4, -0.2) is 28.7 Å². The van der Waals surface area contributed by atoms with Crippen LogP contribution < -0.4 is 0 Å². The number of piperidine rings is 1. The Bertz CT molecular complexity index is 434. The normalized spacial score (nSPS) is 48.7. The van der Waals surface area contributed by atoms with Gasteiger partial charge < -0.3 is 4.90 Å². The summed E-state index contributed by atoms with van der Waals surface area (Å²) in [6.07, 6.45) is 11.4. The van der Waals surface area contributed by atoms with E-state index >= 15 is 0 Å². The van der Waals surface area contributed by atoms with Crippen molar-refractivity contribution in [2.24, 2.45) is 22.7 Å². The van der Waals surface area contributed by atoms with E-state index in [1.165, 1.54) is 57.8 Å². The molecule has 1 heterocycles. The summed E-state index contributed by atoms with van der Waals surface area (Å²) < 4.78 is 0. The van der Waals surface area contributed by atoms with Crippen LogP contribution >= 0.6 is 15.9 Å². The second-order valence-electron chi connectivity index (χ2n) is 8.85. The Kier molecular flexibility index (Phi) is 3.44. The highest BCUT2D eigenvalue weighted by Crippen LogP contribution is 2.65. The molecular formula is C18H28BrNO. The van der Waals surface area contributed by atoms with E-state index in [0.717, 1.165) is 23.7 Å². The van der Waals surface area contributed by atoms with Gasteiger partial charge in [-0.2, -0.15) is 0 Å². The van der Waals surface area contributed by atoms with Crippen molar-refractivity contribution in [1.82, 2.24) is 4.90 Å². The quantitative estimate of drug-likeness (QED) is 0.675. The Labute approximate surface area is 137 Å². The summed E-state index contributed by atoms with van der Waals surface area (Å²) >= 11 is 3.65. The van der Waals surface area contributed by atoms with Crippen molar-refractivity contribution in [2.75, 3.05) is 11.9 Å². The van der Waals surface area contributed by atoms with Gasteiger partial charge in [0.05, 0.1) is 5.41 Å². The number of halogens is 1. The second kappa shape index (κ2) is 4.97. The van der Waals surface area contributed by atoms with Gasteiger partial charge >= 0.3 is 0 Å². The van der Waals surface area contributed by atoms with Crippen molar-refractivity contribution >= 4 is 21.8 Å². The number of carbonyl (C=O) groups excluding carboxylic acids is 1. The Morgan fingerprint density at radius 3 is 2.52 bits per heavy atom. The summed E-state index contributed by atoms with van der Waals surface area (Å²) in [5, 5.41) is 0.957. The minimum atomic E-state index is 0.0244. The third-order valence-corrected chi connectivity index (χ3v) is 7.62. The fourth-order valence-corrected chi connectivity index (χ4v) is 7.38. The first-order chi connectivity index (χ1) is 10.0. The molecule has 0 aromatic heterocycles. The predicted molar refractivity (Wildman–Crippen MR) is 88.4 cm³/mol. The molecule has 0 spiro atoms. The van der Waals surface area contributed by atoms with E-state index in [2.05, 4.69) is 27.8 Å². The maximum absolute atomic E-state index is 13.5. The van der Waals surface area contributed by atoms with Crippen LogP contribution in [0.1, 0.15) is 64.7 Å². The molecule has 0 radical (unpaired) electrons. The van der Waals surface area contributed by atoms with Crippen LogP contribution in [0.15, 0.2) is 0 Å². The summed E-state index contributed by atoms with van der Waals surface area (Å²) in [7, 11) is 0. The third kappa shape index (κ3) is 2.29. The van der Waals surface area contributed by atoms with Gasteiger partial charge in [0.2, 0.25) is 5.91 Å². The zero-order valence-electron chi connectivity index (χ0n) is 13.2. The monoisotopic (exact) mass is 353 g/mol. The molecule has 5 rings (SSSR count). The first-order valence-electron chi connectivity index (χ1n) is 8.91. The number of alkyl halides is 1. The van der Waals surface area contributed by atoms with Gasteiger partial charge in [-0.25, -0.2) is 0 Å². The molecule has 3 unspecified atom stereocenters. The van der Waals surface area contributed by atoms with Gasteiger partial charge in [0.1, 0.15) is 0 Å². The lowest BCUT2D eigenvalue weighted by Crippen LogP contribution is -2.59. The van der Waals surface area contributed by atoms with E-state index in [9.17, 15) is 4.79 Å². The van der Waals surface area contributed by atoms with Crippen molar-refractivity contribution < 1.29 is 4.79 Å². The fourth-order valence-electron chi connectivity index (χ4n) is 6.70. The number of carbonyl (C=O) groups is 1. The molecule has 0 N–H and O–H groups in total. The van der Waals surface area contributed by atoms with Gasteiger partial charge in [0.25, 0.3) is 0 Å². The van der Waals surface area contributed by atoms with E-state index in [1.807, 2.05) is 0 Å². The number of amides is 1. The lowest BCUT2D eigenvalue weighted by atomic mass is 9.44. The summed E-state index contributed by atoms with van der Waals surface area (Å²) in [5.74, 6) is 2.21. The minimum absolute atomic E-state index is 0.0244. The van der Waals surface area contributed by atoms with Crippen LogP contribution in [0, 0.1) is 22.7 Å². The molecule has 1 amide bonds. The highest BCUT2D eigenvalue weighted by molar-refractivity contribution is 9.09. The highest BCUT2D eigenvalue weighted by Gasteiger charge is 2.59. The number of hydrogen-bond acceptors (Lipinski definition) is 1. The molecular weight excluding hydrogens is 326 g/mol. The molecule has 4 aliphatic carbocycles. The SMILES string of the molecule is CC12CC3CC(C1)CC(C(=O)N1CCCCC1CBr)(C3)C2. The average Bonchev–Trinajstić information content (AvgIpc) is 2.44. The zero-order valence-corrected chi connectivity index (χ0v) is 14.8. The van der Waals surface area contributed by atoms with Crippen LogP contribution in [-0.2, 0) is 4.79 Å². The average molecular weight is 354 g/mol. The molecule has 3 heteroatoms. The Hall–Kier alpha value is -0.0500. The molecule has 118 valence electrons. The van der Waals surface area contributed by atoms with Gasteiger partial charge in [0, 0.05) is 17.9 Å². The smallest absolute Gasteiger partial charge is 0.229 e. The predicted octanol–water partition coefficient (Wildman–Crippen LogP) is 4.37. The highest BCUT2D eigenvalue weighted by atomic mass is 79.9. The van der Waals surface area contributed by atoms with Crippen molar-refractivity contribution in [3.05, 3.63) is 0 Å². The van der Waals surface area contributed by atoms with Gasteiger partial charge in [0.15, 0.2) is 0 Å². The summed E-state index contributed by atoms with van der Waals surface area (Å²) in [5.41, 5.74) is 0.496. The van der Waals surface area contributed by atoms with Crippen molar-refractivity contribution in [2.45, 2.75) is 70.8 Å². The first-order valence-corrected chi connectivity index (χ1v) is 10.0. The lowest BCUT2D eigenvalue weighted by molar-refractivity contribution is -0.169. The summed E-state index contributed by atoms with van der Waals surface area (Å²) in [6.45, 7) is 3.47. The van der Waals surface area contributed by atoms with E-state index < -0.39 is 0 Å². The number of rotatable bonds is 2. The zero-order chi connectivity index (χ0) is 14.7. The van der Waals surface area contributed by atoms with Gasteiger partial charge in [-0.1, -0.05) is 22.9 Å². The second-order valence-corrected chi connectivity index (χ2v) is 9.50. The Balaban J connectivity index is 1.61. The molecule has 2 nitrogen and oxygen atoms in total. The van der Waals surface area contributed by atoms with E-state index in [0.29, 0.717) is 17.4 Å². The minimum Gasteiger partial charge on any atom is -0.338 e. The molecule has 1 aliphatic heterocycles. The van der Waals surface area contributed by atoms with Gasteiger partial charge in [-0.05, 0) is 75.0 Å². The molecule has 5 aliphatic rings. The summed E-state index contributed by atoms with van der Waals surface area (Å²) in [6, 6.07) is 0.451. The standard InChI is InChI=1S/C18H28BrNO/c1-17-7-13-6-14(8-17)10-18(9-13,12-17)16(21)20-5-3-2-4-15(20)11-19/h13-15H,2-12H2,1H3. The van der Waals surface area contributed by atoms with Crippen LogP contribution in [0.25, 0.3) is 0 Å². The number of likely N-dealkylation sites (tertiary alicyclic amines) is 1. The van der Waals surface area contributed by atoms with Gasteiger partial charge in [-0.15, -0.1) is 0 Å². The largest absolute Gasteiger partial charge is 0.338 e. The van der Waals surface area contributed by atoms with Crippen molar-refractivity contribution in [3.8, 4) is 0 Å². The lowest BCUT2D eigenvalue weighted by Gasteiger charge is -2.61. The van der Waals surface area contributed by atoms with Crippen molar-refractivity contribution in [3.63, 3.8) is 0 Å².